The van der Waals surface area contributed by atoms with E-state index in [1.54, 1.807) is 24.3 Å². The Labute approximate surface area is 120 Å². The van der Waals surface area contributed by atoms with E-state index in [9.17, 15) is 19.2 Å². The van der Waals surface area contributed by atoms with Crippen molar-refractivity contribution in [1.29, 1.82) is 0 Å². The number of allylic oxidation sites excluding steroid dienone is 2. The van der Waals surface area contributed by atoms with Gasteiger partial charge in [0.05, 0.1) is 0 Å². The lowest BCUT2D eigenvalue weighted by molar-refractivity contribution is -0.121. The van der Waals surface area contributed by atoms with Gasteiger partial charge in [0.2, 0.25) is 0 Å². The smallest absolute Gasteiger partial charge is 0.151 e. The average Bonchev–Trinajstić information content (AvgIpc) is 2.55. The van der Waals surface area contributed by atoms with E-state index >= 15 is 0 Å². The van der Waals surface area contributed by atoms with Crippen molar-refractivity contribution in [2.75, 3.05) is 0 Å². The van der Waals surface area contributed by atoms with Gasteiger partial charge in [0.15, 0.2) is 6.29 Å². The number of benzene rings is 2. The van der Waals surface area contributed by atoms with Gasteiger partial charge in [0.25, 0.3) is 0 Å². The molecule has 0 amide bonds. The van der Waals surface area contributed by atoms with Crippen LogP contribution in [-0.4, -0.2) is 25.1 Å². The Morgan fingerprint density at radius 3 is 2.05 bits per heavy atom. The summed E-state index contributed by atoms with van der Waals surface area (Å²) < 4.78 is 0. The molecule has 0 aromatic heterocycles. The lowest BCUT2D eigenvalue weighted by Gasteiger charge is -2.30. The van der Waals surface area contributed by atoms with E-state index in [1.165, 1.54) is 0 Å². The molecule has 102 valence electrons. The SMILES string of the molecule is O=CC1=C(C=O)C(C=O)(C=O)c2cccc3cccc1c23. The van der Waals surface area contributed by atoms with Crippen molar-refractivity contribution < 1.29 is 19.2 Å². The number of aldehydes is 4. The van der Waals surface area contributed by atoms with Gasteiger partial charge in [-0.1, -0.05) is 36.4 Å². The van der Waals surface area contributed by atoms with E-state index in [-0.39, 0.29) is 11.1 Å². The van der Waals surface area contributed by atoms with Crippen LogP contribution in [0.5, 0.6) is 0 Å². The fraction of sp³-hybridized carbons (Fsp3) is 0.0588. The molecule has 4 heteroatoms. The number of rotatable bonds is 4. The molecule has 0 spiro atoms. The summed E-state index contributed by atoms with van der Waals surface area (Å²) in [5, 5.41) is 1.47. The van der Waals surface area contributed by atoms with Crippen molar-refractivity contribution in [3.63, 3.8) is 0 Å². The second-order valence-electron chi connectivity index (χ2n) is 4.88. The fourth-order valence-corrected chi connectivity index (χ4v) is 2.99. The first-order valence-corrected chi connectivity index (χ1v) is 6.34. The lowest BCUT2D eigenvalue weighted by Crippen LogP contribution is -2.36. The molecule has 0 bridgehead atoms. The van der Waals surface area contributed by atoms with Gasteiger partial charge in [-0.2, -0.15) is 0 Å². The van der Waals surface area contributed by atoms with Crippen molar-refractivity contribution in [2.24, 2.45) is 0 Å². The summed E-state index contributed by atoms with van der Waals surface area (Å²) in [5.41, 5.74) is -0.721. The fourth-order valence-electron chi connectivity index (χ4n) is 2.99. The maximum atomic E-state index is 11.7. The van der Waals surface area contributed by atoms with Crippen molar-refractivity contribution in [3.05, 3.63) is 53.1 Å². The monoisotopic (exact) mass is 278 g/mol. The summed E-state index contributed by atoms with van der Waals surface area (Å²) >= 11 is 0. The Morgan fingerprint density at radius 2 is 1.48 bits per heavy atom. The molecule has 3 rings (SSSR count). The van der Waals surface area contributed by atoms with Gasteiger partial charge in [-0.25, -0.2) is 0 Å². The predicted octanol–water partition coefficient (Wildman–Crippen LogP) is 1.64. The molecular formula is C17H10O4. The Morgan fingerprint density at radius 1 is 0.810 bits per heavy atom. The molecule has 0 saturated heterocycles. The van der Waals surface area contributed by atoms with Crippen LogP contribution in [0, 0.1) is 0 Å². The zero-order valence-corrected chi connectivity index (χ0v) is 10.9. The van der Waals surface area contributed by atoms with E-state index in [2.05, 4.69) is 0 Å². The summed E-state index contributed by atoms with van der Waals surface area (Å²) in [6, 6.07) is 10.5. The van der Waals surface area contributed by atoms with Crippen molar-refractivity contribution in [2.45, 2.75) is 5.41 Å². The molecule has 0 atom stereocenters. The van der Waals surface area contributed by atoms with Gasteiger partial charge in [-0.15, -0.1) is 0 Å². The van der Waals surface area contributed by atoms with E-state index in [0.717, 1.165) is 5.39 Å². The van der Waals surface area contributed by atoms with Crippen LogP contribution in [-0.2, 0) is 24.6 Å². The molecule has 0 saturated carbocycles. The van der Waals surface area contributed by atoms with Crippen molar-refractivity contribution in [3.8, 4) is 0 Å². The predicted molar refractivity (Wildman–Crippen MR) is 76.8 cm³/mol. The van der Waals surface area contributed by atoms with Crippen LogP contribution in [0.1, 0.15) is 11.1 Å². The van der Waals surface area contributed by atoms with E-state index in [0.29, 0.717) is 41.7 Å². The van der Waals surface area contributed by atoms with Crippen LogP contribution in [0.2, 0.25) is 0 Å². The first-order valence-electron chi connectivity index (χ1n) is 6.34. The average molecular weight is 278 g/mol. The second-order valence-corrected chi connectivity index (χ2v) is 4.88. The molecule has 1 aliphatic carbocycles. The topological polar surface area (TPSA) is 68.3 Å². The molecule has 1 aliphatic rings. The maximum absolute atomic E-state index is 11.7. The van der Waals surface area contributed by atoms with Crippen LogP contribution in [0.4, 0.5) is 0 Å². The van der Waals surface area contributed by atoms with Crippen LogP contribution in [0.15, 0.2) is 42.0 Å². The molecule has 0 aliphatic heterocycles. The second kappa shape index (κ2) is 4.59. The highest BCUT2D eigenvalue weighted by atomic mass is 16.1. The third-order valence-corrected chi connectivity index (χ3v) is 3.98. The summed E-state index contributed by atoms with van der Waals surface area (Å²) in [5.74, 6) is 0. The Bertz CT molecular complexity index is 817. The van der Waals surface area contributed by atoms with Crippen molar-refractivity contribution >= 4 is 41.5 Å². The highest BCUT2D eigenvalue weighted by molar-refractivity contribution is 6.26. The van der Waals surface area contributed by atoms with E-state index in [4.69, 9.17) is 0 Å². The zero-order chi connectivity index (χ0) is 15.0. The Hall–Kier alpha value is -2.88. The molecule has 0 radical (unpaired) electrons. The van der Waals surface area contributed by atoms with Gasteiger partial charge < -0.3 is 9.59 Å². The zero-order valence-electron chi connectivity index (χ0n) is 10.9. The van der Waals surface area contributed by atoms with Gasteiger partial charge in [0, 0.05) is 11.1 Å². The Kier molecular flexibility index (Phi) is 2.87. The quantitative estimate of drug-likeness (QED) is 0.630. The van der Waals surface area contributed by atoms with E-state index in [1.807, 2.05) is 12.1 Å². The normalized spacial score (nSPS) is 15.6. The molecular weight excluding hydrogens is 268 g/mol. The third-order valence-electron chi connectivity index (χ3n) is 3.98. The Balaban J connectivity index is 2.62. The highest BCUT2D eigenvalue weighted by Gasteiger charge is 2.43. The minimum Gasteiger partial charge on any atom is -0.302 e. The third kappa shape index (κ3) is 1.50. The highest BCUT2D eigenvalue weighted by Crippen LogP contribution is 2.43. The molecule has 0 fully saturated rings. The van der Waals surface area contributed by atoms with Gasteiger partial charge in [-0.05, 0) is 21.9 Å². The largest absolute Gasteiger partial charge is 0.302 e. The molecule has 0 heterocycles. The van der Waals surface area contributed by atoms with Gasteiger partial charge in [-0.3, -0.25) is 9.59 Å². The van der Waals surface area contributed by atoms with Crippen LogP contribution in [0.25, 0.3) is 16.3 Å². The molecule has 0 N–H and O–H groups in total. The van der Waals surface area contributed by atoms with Gasteiger partial charge in [0.1, 0.15) is 24.3 Å². The molecule has 4 nitrogen and oxygen atoms in total. The lowest BCUT2D eigenvalue weighted by atomic mass is 9.68. The summed E-state index contributed by atoms with van der Waals surface area (Å²) in [7, 11) is 0. The summed E-state index contributed by atoms with van der Waals surface area (Å²) in [6.45, 7) is 0. The van der Waals surface area contributed by atoms with Crippen molar-refractivity contribution in [1.82, 2.24) is 0 Å². The standard InChI is InChI=1S/C17H10O4/c18-7-13-12-5-1-3-11-4-2-6-14(16(11)12)17(9-20,10-21)15(13)8-19/h1-10H. The minimum atomic E-state index is -1.72. The number of hydrogen-bond acceptors (Lipinski definition) is 4. The number of carbonyl (C=O) groups excluding carboxylic acids is 4. The first-order chi connectivity index (χ1) is 10.2. The molecule has 21 heavy (non-hydrogen) atoms. The number of hydrogen-bond donors (Lipinski definition) is 0. The molecule has 0 unspecified atom stereocenters. The number of carbonyl (C=O) groups is 4. The summed E-state index contributed by atoms with van der Waals surface area (Å²) in [4.78, 5) is 46.2. The van der Waals surface area contributed by atoms with E-state index < -0.39 is 5.41 Å². The van der Waals surface area contributed by atoms with Crippen LogP contribution in [0.3, 0.4) is 0 Å². The van der Waals surface area contributed by atoms with Crippen LogP contribution >= 0.6 is 0 Å². The molecule has 2 aromatic carbocycles. The molecule has 2 aromatic rings. The minimum absolute atomic E-state index is 0.0912. The van der Waals surface area contributed by atoms with Gasteiger partial charge >= 0.3 is 0 Å². The van der Waals surface area contributed by atoms with Crippen LogP contribution < -0.4 is 0 Å². The summed E-state index contributed by atoms with van der Waals surface area (Å²) in [6.07, 6.45) is 1.80. The first kappa shape index (κ1) is 13.1. The maximum Gasteiger partial charge on any atom is 0.151 e.